The highest BCUT2D eigenvalue weighted by Gasteiger charge is 2.41. The summed E-state index contributed by atoms with van der Waals surface area (Å²) in [6, 6.07) is 6.24. The van der Waals surface area contributed by atoms with Gasteiger partial charge in [0.15, 0.2) is 0 Å². The lowest BCUT2D eigenvalue weighted by molar-refractivity contribution is 0.838. The van der Waals surface area contributed by atoms with E-state index in [1.807, 2.05) is 6.07 Å². The molecule has 0 aliphatic carbocycles. The van der Waals surface area contributed by atoms with Gasteiger partial charge in [0, 0.05) is 14.5 Å². The van der Waals surface area contributed by atoms with Crippen LogP contribution in [-0.4, -0.2) is 8.07 Å². The minimum absolute atomic E-state index is 0.672. The molecule has 0 aliphatic heterocycles. The second-order valence-corrected chi connectivity index (χ2v) is 13.7. The van der Waals surface area contributed by atoms with Gasteiger partial charge in [-0.15, -0.1) is 5.54 Å². The fraction of sp³-hybridized carbons (Fsp3) is 0.529. The van der Waals surface area contributed by atoms with Crippen LogP contribution < -0.4 is 0 Å². The Morgan fingerprint density at radius 2 is 1.20 bits per heavy atom. The first-order valence-corrected chi connectivity index (χ1v) is 11.0. The first kappa shape index (κ1) is 18.0. The molecule has 3 heteroatoms. The second-order valence-electron chi connectivity index (χ2n) is 6.31. The van der Waals surface area contributed by atoms with Crippen molar-refractivity contribution in [2.75, 3.05) is 0 Å². The predicted molar refractivity (Wildman–Crippen MR) is 99.8 cm³/mol. The molecule has 0 nitrogen and oxygen atoms in total. The standard InChI is InChI=1S/C17H24Br2Si/c1-12(2)20(13(3)4,14(5)6)8-7-15-9-16(18)11-17(19)10-15/h9-14H,1-6H3. The van der Waals surface area contributed by atoms with E-state index >= 15 is 0 Å². The molecule has 0 bridgehead atoms. The molecule has 0 fully saturated rings. The minimum atomic E-state index is -1.64. The molecular weight excluding hydrogens is 392 g/mol. The van der Waals surface area contributed by atoms with Crippen molar-refractivity contribution in [3.05, 3.63) is 32.7 Å². The smallest absolute Gasteiger partial charge is 0.125 e. The van der Waals surface area contributed by atoms with Gasteiger partial charge in [0.25, 0.3) is 0 Å². The van der Waals surface area contributed by atoms with E-state index in [1.54, 1.807) is 0 Å². The lowest BCUT2D eigenvalue weighted by Crippen LogP contribution is -2.43. The van der Waals surface area contributed by atoms with Crippen LogP contribution in [0, 0.1) is 11.5 Å². The molecule has 0 saturated heterocycles. The molecule has 0 saturated carbocycles. The van der Waals surface area contributed by atoms with Crippen LogP contribution in [-0.2, 0) is 0 Å². The molecule has 0 heterocycles. The topological polar surface area (TPSA) is 0 Å². The molecule has 20 heavy (non-hydrogen) atoms. The summed E-state index contributed by atoms with van der Waals surface area (Å²) < 4.78 is 2.14. The first-order chi connectivity index (χ1) is 9.20. The van der Waals surface area contributed by atoms with Crippen molar-refractivity contribution in [3.8, 4) is 11.5 Å². The van der Waals surface area contributed by atoms with Gasteiger partial charge in [-0.25, -0.2) is 0 Å². The van der Waals surface area contributed by atoms with Gasteiger partial charge in [-0.1, -0.05) is 79.3 Å². The van der Waals surface area contributed by atoms with Gasteiger partial charge >= 0.3 is 0 Å². The van der Waals surface area contributed by atoms with Crippen molar-refractivity contribution < 1.29 is 0 Å². The van der Waals surface area contributed by atoms with Crippen molar-refractivity contribution in [2.45, 2.75) is 58.2 Å². The summed E-state index contributed by atoms with van der Waals surface area (Å²) >= 11 is 7.07. The zero-order valence-electron chi connectivity index (χ0n) is 13.2. The minimum Gasteiger partial charge on any atom is -0.125 e. The maximum atomic E-state index is 3.75. The van der Waals surface area contributed by atoms with E-state index < -0.39 is 8.07 Å². The van der Waals surface area contributed by atoms with Crippen LogP contribution in [0.3, 0.4) is 0 Å². The average molecular weight is 416 g/mol. The Hall–Kier alpha value is -0.0431. The summed E-state index contributed by atoms with van der Waals surface area (Å²) in [6.45, 7) is 14.1. The SMILES string of the molecule is CC(C)[Si](C#Cc1cc(Br)cc(Br)c1)(C(C)C)C(C)C. The Morgan fingerprint density at radius 1 is 0.800 bits per heavy atom. The zero-order chi connectivity index (χ0) is 15.5. The first-order valence-electron chi connectivity index (χ1n) is 7.19. The molecule has 110 valence electrons. The maximum Gasteiger partial charge on any atom is 0.146 e. The highest BCUT2D eigenvalue weighted by molar-refractivity contribution is 9.11. The summed E-state index contributed by atoms with van der Waals surface area (Å²) in [5.41, 5.74) is 6.85. The molecule has 0 spiro atoms. The number of benzene rings is 1. The van der Waals surface area contributed by atoms with E-state index in [4.69, 9.17) is 0 Å². The van der Waals surface area contributed by atoms with E-state index in [-0.39, 0.29) is 0 Å². The lowest BCUT2D eigenvalue weighted by atomic mass is 10.2. The van der Waals surface area contributed by atoms with E-state index in [1.165, 1.54) is 0 Å². The second kappa shape index (κ2) is 7.29. The van der Waals surface area contributed by atoms with Crippen LogP contribution in [0.25, 0.3) is 0 Å². The third kappa shape index (κ3) is 3.99. The van der Waals surface area contributed by atoms with Crippen LogP contribution in [0.4, 0.5) is 0 Å². The Labute approximate surface area is 142 Å². The third-order valence-corrected chi connectivity index (χ3v) is 11.4. The normalized spacial score (nSPS) is 11.9. The predicted octanol–water partition coefficient (Wildman–Crippen LogP) is 6.78. The largest absolute Gasteiger partial charge is 0.146 e. The van der Waals surface area contributed by atoms with Crippen molar-refractivity contribution >= 4 is 39.9 Å². The van der Waals surface area contributed by atoms with Gasteiger partial charge in [0.05, 0.1) is 0 Å². The molecule has 0 aliphatic rings. The Bertz CT molecular complexity index is 480. The van der Waals surface area contributed by atoms with E-state index in [2.05, 4.69) is 97.0 Å². The number of hydrogen-bond acceptors (Lipinski definition) is 0. The Kier molecular flexibility index (Phi) is 6.56. The van der Waals surface area contributed by atoms with Crippen molar-refractivity contribution in [1.29, 1.82) is 0 Å². The summed E-state index contributed by atoms with van der Waals surface area (Å²) in [5.74, 6) is 3.46. The van der Waals surface area contributed by atoms with E-state index in [0.717, 1.165) is 14.5 Å². The summed E-state index contributed by atoms with van der Waals surface area (Å²) in [4.78, 5) is 0. The third-order valence-electron chi connectivity index (χ3n) is 4.15. The lowest BCUT2D eigenvalue weighted by Gasteiger charge is -2.38. The quantitative estimate of drug-likeness (QED) is 0.376. The molecule has 0 atom stereocenters. The van der Waals surface area contributed by atoms with Gasteiger partial charge in [0.2, 0.25) is 0 Å². The average Bonchev–Trinajstić information content (AvgIpc) is 2.26. The summed E-state index contributed by atoms with van der Waals surface area (Å²) in [5, 5.41) is 0. The molecule has 1 rings (SSSR count). The van der Waals surface area contributed by atoms with Crippen molar-refractivity contribution in [2.24, 2.45) is 0 Å². The molecule has 0 amide bonds. The fourth-order valence-electron chi connectivity index (χ4n) is 3.24. The van der Waals surface area contributed by atoms with E-state index in [9.17, 15) is 0 Å². The van der Waals surface area contributed by atoms with E-state index in [0.29, 0.717) is 16.6 Å². The number of hydrogen-bond donors (Lipinski definition) is 0. The van der Waals surface area contributed by atoms with Crippen LogP contribution in [0.15, 0.2) is 27.1 Å². The molecule has 1 aromatic carbocycles. The summed E-state index contributed by atoms with van der Waals surface area (Å²) in [7, 11) is -1.64. The molecule has 1 aromatic rings. The molecule has 0 aromatic heterocycles. The number of halogens is 2. The maximum absolute atomic E-state index is 3.75. The fourth-order valence-corrected chi connectivity index (χ4v) is 9.76. The van der Waals surface area contributed by atoms with Crippen LogP contribution in [0.2, 0.25) is 16.6 Å². The highest BCUT2D eigenvalue weighted by Crippen LogP contribution is 2.40. The van der Waals surface area contributed by atoms with Gasteiger partial charge in [0.1, 0.15) is 8.07 Å². The van der Waals surface area contributed by atoms with Gasteiger partial charge in [-0.2, -0.15) is 0 Å². The number of rotatable bonds is 3. The molecular formula is C17H24Br2Si. The van der Waals surface area contributed by atoms with Crippen molar-refractivity contribution in [3.63, 3.8) is 0 Å². The Balaban J connectivity index is 3.30. The molecule has 0 unspecified atom stereocenters. The monoisotopic (exact) mass is 414 g/mol. The van der Waals surface area contributed by atoms with Crippen LogP contribution >= 0.6 is 31.9 Å². The highest BCUT2D eigenvalue weighted by atomic mass is 79.9. The van der Waals surface area contributed by atoms with Crippen LogP contribution in [0.5, 0.6) is 0 Å². The summed E-state index contributed by atoms with van der Waals surface area (Å²) in [6.07, 6.45) is 0. The van der Waals surface area contributed by atoms with Crippen LogP contribution in [0.1, 0.15) is 47.1 Å². The van der Waals surface area contributed by atoms with Gasteiger partial charge < -0.3 is 0 Å². The Morgan fingerprint density at radius 3 is 1.55 bits per heavy atom. The zero-order valence-corrected chi connectivity index (χ0v) is 17.4. The van der Waals surface area contributed by atoms with Crippen molar-refractivity contribution in [1.82, 2.24) is 0 Å². The molecule has 0 N–H and O–H groups in total. The van der Waals surface area contributed by atoms with Gasteiger partial charge in [-0.3, -0.25) is 0 Å². The molecule has 0 radical (unpaired) electrons. The van der Waals surface area contributed by atoms with Gasteiger partial charge in [-0.05, 0) is 34.8 Å².